The molecule has 0 atom stereocenters. The molecule has 14 heavy (non-hydrogen) atoms. The van der Waals surface area contributed by atoms with Crippen molar-refractivity contribution in [1.29, 1.82) is 0 Å². The van der Waals surface area contributed by atoms with Gasteiger partial charge in [0.25, 0.3) is 5.91 Å². The minimum atomic E-state index is -0.00519. The van der Waals surface area contributed by atoms with E-state index in [2.05, 4.69) is 21.2 Å². The fraction of sp³-hybridized carbons (Fsp3) is 0.300. The lowest BCUT2D eigenvalue weighted by atomic mass is 10.2. The molecule has 1 rings (SSSR count). The quantitative estimate of drug-likeness (QED) is 0.675. The van der Waals surface area contributed by atoms with Crippen molar-refractivity contribution in [2.24, 2.45) is 0 Å². The van der Waals surface area contributed by atoms with E-state index in [1.807, 2.05) is 30.5 Å². The van der Waals surface area contributed by atoms with Gasteiger partial charge in [0.2, 0.25) is 0 Å². The van der Waals surface area contributed by atoms with E-state index in [0.717, 1.165) is 15.8 Å². The van der Waals surface area contributed by atoms with Crippen LogP contribution in [0.25, 0.3) is 0 Å². The first-order chi connectivity index (χ1) is 6.79. The van der Waals surface area contributed by atoms with Crippen LogP contribution in [0, 0.1) is 0 Å². The summed E-state index contributed by atoms with van der Waals surface area (Å²) < 4.78 is 0. The first-order valence-corrected chi connectivity index (χ1v) is 6.61. The van der Waals surface area contributed by atoms with Crippen molar-refractivity contribution >= 4 is 33.6 Å². The second-order valence-corrected chi connectivity index (χ2v) is 4.29. The van der Waals surface area contributed by atoms with Gasteiger partial charge in [-0.05, 0) is 18.4 Å². The second kappa shape index (κ2) is 6.09. The minimum Gasteiger partial charge on any atom is -0.351 e. The summed E-state index contributed by atoms with van der Waals surface area (Å²) in [6.07, 6.45) is 1.97. The maximum absolute atomic E-state index is 11.6. The Hall–Kier alpha value is -0.480. The zero-order valence-corrected chi connectivity index (χ0v) is 10.3. The van der Waals surface area contributed by atoms with E-state index in [1.54, 1.807) is 11.8 Å². The molecule has 2 nitrogen and oxygen atoms in total. The lowest BCUT2D eigenvalue weighted by Gasteiger charge is -2.06. The number of thioether (sulfide) groups is 1. The highest BCUT2D eigenvalue weighted by molar-refractivity contribution is 9.09. The molecule has 0 saturated heterocycles. The van der Waals surface area contributed by atoms with E-state index >= 15 is 0 Å². The number of amides is 1. The molecule has 0 spiro atoms. The topological polar surface area (TPSA) is 29.1 Å². The summed E-state index contributed by atoms with van der Waals surface area (Å²) in [6.45, 7) is 0.654. The van der Waals surface area contributed by atoms with Gasteiger partial charge in [-0.25, -0.2) is 0 Å². The highest BCUT2D eigenvalue weighted by Gasteiger charge is 2.08. The van der Waals surface area contributed by atoms with Gasteiger partial charge in [0.15, 0.2) is 0 Å². The van der Waals surface area contributed by atoms with Crippen molar-refractivity contribution in [3.05, 3.63) is 29.8 Å². The summed E-state index contributed by atoms with van der Waals surface area (Å²) in [6, 6.07) is 7.61. The van der Waals surface area contributed by atoms with E-state index in [0.29, 0.717) is 6.54 Å². The molecule has 0 unspecified atom stereocenters. The van der Waals surface area contributed by atoms with E-state index in [9.17, 15) is 4.79 Å². The Balaban J connectivity index is 2.78. The molecule has 0 fully saturated rings. The molecule has 0 aliphatic carbocycles. The van der Waals surface area contributed by atoms with Gasteiger partial charge in [0.05, 0.1) is 5.56 Å². The van der Waals surface area contributed by atoms with Crippen LogP contribution in [0.2, 0.25) is 0 Å². The number of benzene rings is 1. The second-order valence-electron chi connectivity index (χ2n) is 2.65. The molecule has 0 bridgehead atoms. The third-order valence-electron chi connectivity index (χ3n) is 1.73. The largest absolute Gasteiger partial charge is 0.351 e. The van der Waals surface area contributed by atoms with Gasteiger partial charge >= 0.3 is 0 Å². The molecule has 0 aliphatic rings. The molecular formula is C10H12BrNOS. The summed E-state index contributed by atoms with van der Waals surface area (Å²) in [7, 11) is 0. The van der Waals surface area contributed by atoms with Gasteiger partial charge in [0.1, 0.15) is 0 Å². The molecule has 0 heterocycles. The number of alkyl halides is 1. The molecule has 76 valence electrons. The maximum atomic E-state index is 11.6. The number of rotatable bonds is 4. The Kier molecular flexibility index (Phi) is 5.04. The monoisotopic (exact) mass is 273 g/mol. The van der Waals surface area contributed by atoms with Gasteiger partial charge in [-0.15, -0.1) is 11.8 Å². The van der Waals surface area contributed by atoms with Gasteiger partial charge < -0.3 is 5.32 Å². The Morgan fingerprint density at radius 3 is 2.86 bits per heavy atom. The van der Waals surface area contributed by atoms with E-state index in [1.165, 1.54) is 0 Å². The molecule has 0 aliphatic heterocycles. The minimum absolute atomic E-state index is 0.00519. The van der Waals surface area contributed by atoms with Crippen molar-refractivity contribution < 1.29 is 4.79 Å². The highest BCUT2D eigenvalue weighted by atomic mass is 79.9. The van der Waals surface area contributed by atoms with E-state index in [-0.39, 0.29) is 5.91 Å². The van der Waals surface area contributed by atoms with Crippen molar-refractivity contribution in [1.82, 2.24) is 5.32 Å². The van der Waals surface area contributed by atoms with Gasteiger partial charge in [-0.1, -0.05) is 28.1 Å². The molecule has 1 N–H and O–H groups in total. The molecule has 0 aromatic heterocycles. The van der Waals surface area contributed by atoms with E-state index < -0.39 is 0 Å². The third kappa shape index (κ3) is 3.03. The summed E-state index contributed by atoms with van der Waals surface area (Å²) in [5.41, 5.74) is 0.751. The zero-order valence-electron chi connectivity index (χ0n) is 7.92. The predicted octanol–water partition coefficient (Wildman–Crippen LogP) is 2.53. The summed E-state index contributed by atoms with van der Waals surface area (Å²) in [5.74, 6) is -0.00519. The number of halogens is 1. The van der Waals surface area contributed by atoms with Crippen molar-refractivity contribution in [2.75, 3.05) is 18.1 Å². The van der Waals surface area contributed by atoms with Crippen LogP contribution in [0.3, 0.4) is 0 Å². The number of hydrogen-bond acceptors (Lipinski definition) is 2. The summed E-state index contributed by atoms with van der Waals surface area (Å²) in [5, 5.41) is 3.60. The van der Waals surface area contributed by atoms with Crippen LogP contribution in [0.4, 0.5) is 0 Å². The molecule has 0 saturated carbocycles. The van der Waals surface area contributed by atoms with E-state index in [4.69, 9.17) is 0 Å². The lowest BCUT2D eigenvalue weighted by molar-refractivity contribution is 0.0953. The normalized spacial score (nSPS) is 9.86. The maximum Gasteiger partial charge on any atom is 0.252 e. The summed E-state index contributed by atoms with van der Waals surface area (Å²) >= 11 is 4.85. The predicted molar refractivity (Wildman–Crippen MR) is 64.4 cm³/mol. The van der Waals surface area contributed by atoms with Crippen LogP contribution < -0.4 is 5.32 Å². The Labute approximate surface area is 96.6 Å². The Bertz CT molecular complexity index is 317. The zero-order chi connectivity index (χ0) is 10.4. The fourth-order valence-electron chi connectivity index (χ4n) is 1.09. The molecule has 1 amide bonds. The first kappa shape index (κ1) is 11.6. The number of carbonyl (C=O) groups excluding carboxylic acids is 1. The number of hydrogen-bond donors (Lipinski definition) is 1. The van der Waals surface area contributed by atoms with Gasteiger partial charge in [-0.2, -0.15) is 0 Å². The Morgan fingerprint density at radius 2 is 2.21 bits per heavy atom. The van der Waals surface area contributed by atoms with Gasteiger partial charge in [0, 0.05) is 16.8 Å². The van der Waals surface area contributed by atoms with Crippen LogP contribution in [0.15, 0.2) is 29.2 Å². The molecular weight excluding hydrogens is 262 g/mol. The molecule has 1 aromatic carbocycles. The first-order valence-electron chi connectivity index (χ1n) is 4.26. The van der Waals surface area contributed by atoms with Crippen LogP contribution in [-0.2, 0) is 0 Å². The third-order valence-corrected chi connectivity index (χ3v) is 2.92. The average Bonchev–Trinajstić information content (AvgIpc) is 2.25. The molecule has 0 radical (unpaired) electrons. The van der Waals surface area contributed by atoms with Crippen molar-refractivity contribution in [3.8, 4) is 0 Å². The van der Waals surface area contributed by atoms with Crippen LogP contribution in [0.5, 0.6) is 0 Å². The van der Waals surface area contributed by atoms with Crippen molar-refractivity contribution in [2.45, 2.75) is 4.90 Å². The smallest absolute Gasteiger partial charge is 0.252 e. The van der Waals surface area contributed by atoms with Crippen LogP contribution >= 0.6 is 27.7 Å². The number of nitrogens with one attached hydrogen (secondary N) is 1. The van der Waals surface area contributed by atoms with Crippen LogP contribution in [-0.4, -0.2) is 24.0 Å². The Morgan fingerprint density at radius 1 is 1.50 bits per heavy atom. The van der Waals surface area contributed by atoms with Crippen molar-refractivity contribution in [3.63, 3.8) is 0 Å². The van der Waals surface area contributed by atoms with Crippen LogP contribution in [0.1, 0.15) is 10.4 Å². The molecule has 4 heteroatoms. The SMILES string of the molecule is CSc1ccccc1C(=O)NCCBr. The van der Waals surface area contributed by atoms with Gasteiger partial charge in [-0.3, -0.25) is 4.79 Å². The molecule has 1 aromatic rings. The summed E-state index contributed by atoms with van der Waals surface area (Å²) in [4.78, 5) is 12.7. The fourth-order valence-corrected chi connectivity index (χ4v) is 1.88. The standard InChI is InChI=1S/C10H12BrNOS/c1-14-9-5-3-2-4-8(9)10(13)12-7-6-11/h2-5H,6-7H2,1H3,(H,12,13). The number of carbonyl (C=O) groups is 1. The lowest BCUT2D eigenvalue weighted by Crippen LogP contribution is -2.25. The highest BCUT2D eigenvalue weighted by Crippen LogP contribution is 2.19. The average molecular weight is 274 g/mol.